The summed E-state index contributed by atoms with van der Waals surface area (Å²) in [5, 5.41) is 57.3. The number of unbranched alkanes of at least 4 members (excludes halogenated alkanes) is 11. The van der Waals surface area contributed by atoms with E-state index in [4.69, 9.17) is 14.9 Å². The van der Waals surface area contributed by atoms with Crippen molar-refractivity contribution in [2.24, 2.45) is 0 Å². The van der Waals surface area contributed by atoms with Crippen molar-refractivity contribution in [2.75, 3.05) is 13.2 Å². The first kappa shape index (κ1) is 31.0. The Morgan fingerprint density at radius 1 is 0.812 bits per heavy atom. The van der Waals surface area contributed by atoms with Gasteiger partial charge >= 0.3 is 5.97 Å². The Balaban J connectivity index is 3.92. The summed E-state index contributed by atoms with van der Waals surface area (Å²) in [6.45, 7) is 0.296. The van der Waals surface area contributed by atoms with Crippen molar-refractivity contribution in [1.29, 1.82) is 0 Å². The lowest BCUT2D eigenvalue weighted by molar-refractivity contribution is -0.305. The average molecular weight is 463 g/mol. The summed E-state index contributed by atoms with van der Waals surface area (Å²) < 4.78 is 4.77. The van der Waals surface area contributed by atoms with Crippen LogP contribution < -0.4 is 0 Å². The van der Waals surface area contributed by atoms with Crippen LogP contribution in [0.2, 0.25) is 0 Å². The van der Waals surface area contributed by atoms with Crippen molar-refractivity contribution in [3.05, 3.63) is 12.2 Å². The van der Waals surface area contributed by atoms with Gasteiger partial charge in [-0.2, -0.15) is 0 Å². The molecule has 0 aromatic heterocycles. The predicted octanol–water partition coefficient (Wildman–Crippen LogP) is 2.32. The molecular formula is C24H46O8. The van der Waals surface area contributed by atoms with Crippen molar-refractivity contribution in [2.45, 2.75) is 121 Å². The fraction of sp³-hybridized carbons (Fsp3) is 0.875. The molecule has 0 saturated heterocycles. The number of allylic oxidation sites excluding steroid dienone is 2. The van der Waals surface area contributed by atoms with Gasteiger partial charge in [-0.15, -0.1) is 0 Å². The Bertz CT molecular complexity index is 485. The quantitative estimate of drug-likeness (QED) is 0.0659. The number of rotatable bonds is 21. The Morgan fingerprint density at radius 2 is 1.31 bits per heavy atom. The van der Waals surface area contributed by atoms with Crippen LogP contribution in [-0.4, -0.2) is 73.9 Å². The van der Waals surface area contributed by atoms with Crippen LogP contribution in [0.5, 0.6) is 0 Å². The van der Waals surface area contributed by atoms with Crippen LogP contribution in [0.15, 0.2) is 12.2 Å². The standard InChI is InChI=1S/C24H46O8/c1-2-3-4-5-6-7-8-9-10-11-12-13-14-15-16-17-22(29)32-24(31,21(28)19-26)23(30)20(27)18-25/h9-10,20-21,23,25-28,30-31H,2-8,11-19H2,1H3/b10-9-/t20-,21-,23-,24-/m1/s1. The summed E-state index contributed by atoms with van der Waals surface area (Å²) in [7, 11) is 0. The number of hydrogen-bond acceptors (Lipinski definition) is 8. The third kappa shape index (κ3) is 13.5. The molecule has 4 atom stereocenters. The van der Waals surface area contributed by atoms with E-state index in [0.29, 0.717) is 6.42 Å². The molecule has 0 aliphatic rings. The van der Waals surface area contributed by atoms with Crippen molar-refractivity contribution in [3.8, 4) is 0 Å². The molecule has 0 spiro atoms. The first-order chi connectivity index (χ1) is 15.3. The fourth-order valence-electron chi connectivity index (χ4n) is 3.41. The van der Waals surface area contributed by atoms with Crippen molar-refractivity contribution in [3.63, 3.8) is 0 Å². The van der Waals surface area contributed by atoms with E-state index in [0.717, 1.165) is 38.5 Å². The van der Waals surface area contributed by atoms with Gasteiger partial charge in [-0.05, 0) is 32.1 Å². The van der Waals surface area contributed by atoms with Gasteiger partial charge in [-0.1, -0.05) is 70.4 Å². The van der Waals surface area contributed by atoms with Gasteiger partial charge in [0.1, 0.15) is 18.3 Å². The molecule has 6 N–H and O–H groups in total. The molecule has 0 rings (SSSR count). The highest BCUT2D eigenvalue weighted by Crippen LogP contribution is 2.22. The van der Waals surface area contributed by atoms with Crippen LogP contribution in [0.4, 0.5) is 0 Å². The lowest BCUT2D eigenvalue weighted by atomic mass is 9.99. The zero-order chi connectivity index (χ0) is 24.2. The molecule has 0 aromatic rings. The minimum absolute atomic E-state index is 0.0411. The molecule has 8 heteroatoms. The van der Waals surface area contributed by atoms with E-state index < -0.39 is 43.3 Å². The van der Waals surface area contributed by atoms with E-state index in [1.807, 2.05) is 0 Å². The minimum atomic E-state index is -2.91. The lowest BCUT2D eigenvalue weighted by Crippen LogP contribution is -2.61. The van der Waals surface area contributed by atoms with Gasteiger partial charge < -0.3 is 35.4 Å². The molecule has 0 bridgehead atoms. The predicted molar refractivity (Wildman–Crippen MR) is 123 cm³/mol. The van der Waals surface area contributed by atoms with Gasteiger partial charge in [0.25, 0.3) is 5.79 Å². The molecular weight excluding hydrogens is 416 g/mol. The molecule has 0 heterocycles. The van der Waals surface area contributed by atoms with Crippen LogP contribution in [0, 0.1) is 0 Å². The topological polar surface area (TPSA) is 148 Å². The maximum Gasteiger partial charge on any atom is 0.308 e. The van der Waals surface area contributed by atoms with Crippen molar-refractivity contribution < 1.29 is 40.2 Å². The van der Waals surface area contributed by atoms with Crippen LogP contribution in [0.1, 0.15) is 96.8 Å². The fourth-order valence-corrected chi connectivity index (χ4v) is 3.41. The van der Waals surface area contributed by atoms with Crippen LogP contribution in [0.25, 0.3) is 0 Å². The average Bonchev–Trinajstić information content (AvgIpc) is 2.79. The van der Waals surface area contributed by atoms with E-state index in [1.54, 1.807) is 0 Å². The third-order valence-corrected chi connectivity index (χ3v) is 5.55. The molecule has 0 aromatic carbocycles. The summed E-state index contributed by atoms with van der Waals surface area (Å²) in [4.78, 5) is 12.0. The molecule has 190 valence electrons. The maximum atomic E-state index is 12.0. The van der Waals surface area contributed by atoms with Crippen molar-refractivity contribution in [1.82, 2.24) is 0 Å². The van der Waals surface area contributed by atoms with Gasteiger partial charge in [0, 0.05) is 6.42 Å². The molecule has 0 fully saturated rings. The Kier molecular flexibility index (Phi) is 18.8. The minimum Gasteiger partial charge on any atom is -0.427 e. The van der Waals surface area contributed by atoms with E-state index in [2.05, 4.69) is 19.1 Å². The molecule has 0 aliphatic carbocycles. The highest BCUT2D eigenvalue weighted by molar-refractivity contribution is 5.69. The highest BCUT2D eigenvalue weighted by Gasteiger charge is 2.49. The van der Waals surface area contributed by atoms with E-state index in [-0.39, 0.29) is 6.42 Å². The molecule has 0 radical (unpaired) electrons. The number of ether oxygens (including phenoxy) is 1. The zero-order valence-electron chi connectivity index (χ0n) is 19.7. The van der Waals surface area contributed by atoms with Gasteiger partial charge in [-0.3, -0.25) is 4.79 Å². The molecule has 0 aliphatic heterocycles. The Labute approximate surface area is 192 Å². The largest absolute Gasteiger partial charge is 0.427 e. The second kappa shape index (κ2) is 19.4. The first-order valence-corrected chi connectivity index (χ1v) is 12.2. The van der Waals surface area contributed by atoms with Crippen LogP contribution in [0.3, 0.4) is 0 Å². The SMILES string of the molecule is CCCCCCCC/C=C\CCCCCCCC(=O)O[C@](O)([C@H](O)CO)[C@H](O)[C@H](O)CO. The van der Waals surface area contributed by atoms with Crippen LogP contribution in [-0.2, 0) is 9.53 Å². The summed E-state index contributed by atoms with van der Waals surface area (Å²) in [5.74, 6) is -3.78. The first-order valence-electron chi connectivity index (χ1n) is 12.2. The third-order valence-electron chi connectivity index (χ3n) is 5.55. The molecule has 0 unspecified atom stereocenters. The number of hydrogen-bond donors (Lipinski definition) is 6. The van der Waals surface area contributed by atoms with E-state index in [9.17, 15) is 25.2 Å². The normalized spacial score (nSPS) is 16.6. The number of esters is 1. The molecule has 8 nitrogen and oxygen atoms in total. The Morgan fingerprint density at radius 3 is 1.81 bits per heavy atom. The summed E-state index contributed by atoms with van der Waals surface area (Å²) in [5.41, 5.74) is 0. The number of carbonyl (C=O) groups is 1. The van der Waals surface area contributed by atoms with Gasteiger partial charge in [0.15, 0.2) is 0 Å². The second-order valence-corrected chi connectivity index (χ2v) is 8.45. The van der Waals surface area contributed by atoms with Crippen LogP contribution >= 0.6 is 0 Å². The van der Waals surface area contributed by atoms with Crippen molar-refractivity contribution >= 4 is 5.97 Å². The summed E-state index contributed by atoms with van der Waals surface area (Å²) >= 11 is 0. The Hall–Kier alpha value is -1.03. The number of aliphatic hydroxyl groups is 6. The van der Waals surface area contributed by atoms with E-state index >= 15 is 0 Å². The molecule has 0 amide bonds. The number of carbonyl (C=O) groups excluding carboxylic acids is 1. The maximum absolute atomic E-state index is 12.0. The smallest absolute Gasteiger partial charge is 0.308 e. The van der Waals surface area contributed by atoms with Gasteiger partial charge in [0.2, 0.25) is 0 Å². The highest BCUT2D eigenvalue weighted by atomic mass is 16.7. The van der Waals surface area contributed by atoms with Gasteiger partial charge in [0.05, 0.1) is 13.2 Å². The molecule has 32 heavy (non-hydrogen) atoms. The van der Waals surface area contributed by atoms with Gasteiger partial charge in [-0.25, -0.2) is 0 Å². The second-order valence-electron chi connectivity index (χ2n) is 8.45. The monoisotopic (exact) mass is 462 g/mol. The summed E-state index contributed by atoms with van der Waals surface area (Å²) in [6.07, 6.45) is 12.9. The summed E-state index contributed by atoms with van der Waals surface area (Å²) in [6, 6.07) is 0. The lowest BCUT2D eigenvalue weighted by Gasteiger charge is -2.36. The van der Waals surface area contributed by atoms with E-state index in [1.165, 1.54) is 38.5 Å². The number of aliphatic hydroxyl groups excluding tert-OH is 5. The zero-order valence-corrected chi connectivity index (χ0v) is 19.7. The molecule has 0 saturated carbocycles.